The lowest BCUT2D eigenvalue weighted by atomic mass is 9.75. The molecule has 0 aliphatic heterocycles. The SMILES string of the molecule is COC1=C[C@]2(C)C(=O)[C@H](C1=O)[C@H](c1ccccc1)[C@H]2CBr. The molecule has 0 N–H and O–H groups in total. The van der Waals surface area contributed by atoms with Crippen LogP contribution >= 0.6 is 15.9 Å². The second kappa shape index (κ2) is 5.09. The van der Waals surface area contributed by atoms with Gasteiger partial charge < -0.3 is 4.74 Å². The van der Waals surface area contributed by atoms with Gasteiger partial charge in [-0.15, -0.1) is 0 Å². The van der Waals surface area contributed by atoms with Crippen LogP contribution in [0.3, 0.4) is 0 Å². The van der Waals surface area contributed by atoms with Crippen molar-refractivity contribution in [3.05, 3.63) is 47.7 Å². The van der Waals surface area contributed by atoms with Gasteiger partial charge in [0.2, 0.25) is 5.78 Å². The highest BCUT2D eigenvalue weighted by Gasteiger charge is 2.62. The van der Waals surface area contributed by atoms with E-state index in [0.29, 0.717) is 11.1 Å². The number of benzene rings is 1. The zero-order valence-electron chi connectivity index (χ0n) is 12.0. The van der Waals surface area contributed by atoms with E-state index in [0.717, 1.165) is 5.56 Å². The highest BCUT2D eigenvalue weighted by molar-refractivity contribution is 9.09. The molecule has 21 heavy (non-hydrogen) atoms. The Hall–Kier alpha value is -1.42. The summed E-state index contributed by atoms with van der Waals surface area (Å²) in [6.07, 6.45) is 1.73. The third kappa shape index (κ3) is 1.92. The van der Waals surface area contributed by atoms with Crippen molar-refractivity contribution in [2.75, 3.05) is 12.4 Å². The average Bonchev–Trinajstić information content (AvgIpc) is 2.66. The van der Waals surface area contributed by atoms with Crippen molar-refractivity contribution in [3.63, 3.8) is 0 Å². The Bertz CT molecular complexity index is 622. The fourth-order valence-corrected chi connectivity index (χ4v) is 4.83. The Kier molecular flexibility index (Phi) is 3.52. The summed E-state index contributed by atoms with van der Waals surface area (Å²) in [7, 11) is 1.49. The second-order valence-corrected chi connectivity index (χ2v) is 6.55. The number of alkyl halides is 1. The van der Waals surface area contributed by atoms with Gasteiger partial charge in [0.25, 0.3) is 0 Å². The van der Waals surface area contributed by atoms with E-state index in [9.17, 15) is 9.59 Å². The van der Waals surface area contributed by atoms with Crippen LogP contribution in [0.5, 0.6) is 0 Å². The Morgan fingerprint density at radius 3 is 2.48 bits per heavy atom. The zero-order valence-corrected chi connectivity index (χ0v) is 13.6. The van der Waals surface area contributed by atoms with Gasteiger partial charge in [0.1, 0.15) is 0 Å². The second-order valence-electron chi connectivity index (χ2n) is 5.90. The third-order valence-corrected chi connectivity index (χ3v) is 5.60. The number of ether oxygens (including phenoxy) is 1. The van der Waals surface area contributed by atoms with Gasteiger partial charge in [-0.3, -0.25) is 9.59 Å². The van der Waals surface area contributed by atoms with Crippen LogP contribution in [0.1, 0.15) is 18.4 Å². The number of hydrogen-bond donors (Lipinski definition) is 0. The van der Waals surface area contributed by atoms with Crippen molar-refractivity contribution in [2.24, 2.45) is 17.3 Å². The maximum Gasteiger partial charge on any atom is 0.208 e. The molecule has 0 aromatic heterocycles. The summed E-state index contributed by atoms with van der Waals surface area (Å²) < 4.78 is 5.22. The van der Waals surface area contributed by atoms with Crippen LogP contribution in [0.4, 0.5) is 0 Å². The summed E-state index contributed by atoms with van der Waals surface area (Å²) in [5.41, 5.74) is 0.400. The topological polar surface area (TPSA) is 43.4 Å². The number of methoxy groups -OCH3 is 1. The maximum atomic E-state index is 12.8. The average molecular weight is 349 g/mol. The normalized spacial score (nSPS) is 34.8. The van der Waals surface area contributed by atoms with Crippen LogP contribution in [0.25, 0.3) is 0 Å². The first kappa shape index (κ1) is 14.5. The third-order valence-electron chi connectivity index (χ3n) is 4.90. The van der Waals surface area contributed by atoms with Gasteiger partial charge in [0.05, 0.1) is 18.4 Å². The van der Waals surface area contributed by atoms with Crippen molar-refractivity contribution in [1.29, 1.82) is 0 Å². The number of hydrogen-bond acceptors (Lipinski definition) is 3. The monoisotopic (exact) mass is 348 g/mol. The Labute approximate surface area is 132 Å². The number of Topliss-reactive ketones (excluding diaryl/α,β-unsaturated/α-hetero) is 2. The standard InChI is InChI=1S/C17H17BrO3/c1-17-8-12(21-2)15(19)14(16(17)20)13(11(17)9-18)10-6-4-3-5-7-10/h3-8,11,13-14H,9H2,1-2H3/t11-,13-,14+,17+/m1/s1. The van der Waals surface area contributed by atoms with Gasteiger partial charge in [-0.2, -0.15) is 0 Å². The van der Waals surface area contributed by atoms with E-state index in [4.69, 9.17) is 4.74 Å². The van der Waals surface area contributed by atoms with Crippen LogP contribution in [-0.4, -0.2) is 24.0 Å². The predicted molar refractivity (Wildman–Crippen MR) is 83.2 cm³/mol. The molecule has 0 saturated heterocycles. The van der Waals surface area contributed by atoms with Gasteiger partial charge >= 0.3 is 0 Å². The molecule has 2 aliphatic rings. The molecule has 4 atom stereocenters. The minimum atomic E-state index is -0.645. The summed E-state index contributed by atoms with van der Waals surface area (Å²) in [6, 6.07) is 9.84. The summed E-state index contributed by atoms with van der Waals surface area (Å²) in [5, 5.41) is 0.673. The predicted octanol–water partition coefficient (Wildman–Crippen LogP) is 3.10. The largest absolute Gasteiger partial charge is 0.493 e. The van der Waals surface area contributed by atoms with E-state index >= 15 is 0 Å². The minimum Gasteiger partial charge on any atom is -0.493 e. The number of carbonyl (C=O) groups is 2. The van der Waals surface area contributed by atoms with E-state index in [1.165, 1.54) is 7.11 Å². The van der Waals surface area contributed by atoms with Gasteiger partial charge in [0.15, 0.2) is 11.5 Å². The molecule has 1 saturated carbocycles. The van der Waals surface area contributed by atoms with E-state index in [-0.39, 0.29) is 23.4 Å². The van der Waals surface area contributed by atoms with Gasteiger partial charge in [-0.25, -0.2) is 0 Å². The fourth-order valence-electron chi connectivity index (χ4n) is 3.76. The number of ketones is 2. The zero-order chi connectivity index (χ0) is 15.2. The van der Waals surface area contributed by atoms with E-state index in [1.807, 2.05) is 37.3 Å². The first-order valence-electron chi connectivity index (χ1n) is 7.01. The lowest BCUT2D eigenvalue weighted by molar-refractivity contribution is -0.135. The Balaban J connectivity index is 2.17. The van der Waals surface area contributed by atoms with Crippen LogP contribution in [0.2, 0.25) is 0 Å². The van der Waals surface area contributed by atoms with Gasteiger partial charge in [-0.05, 0) is 24.5 Å². The molecule has 0 unspecified atom stereocenters. The molecular weight excluding hydrogens is 332 g/mol. The molecule has 1 aromatic rings. The van der Waals surface area contributed by atoms with E-state index in [2.05, 4.69) is 15.9 Å². The number of fused-ring (bicyclic) bond motifs is 2. The summed E-state index contributed by atoms with van der Waals surface area (Å²) in [4.78, 5) is 25.4. The maximum absolute atomic E-state index is 12.8. The van der Waals surface area contributed by atoms with Crippen molar-refractivity contribution >= 4 is 27.5 Å². The van der Waals surface area contributed by atoms with Crippen molar-refractivity contribution in [2.45, 2.75) is 12.8 Å². The molecule has 110 valence electrons. The van der Waals surface area contributed by atoms with Crippen LogP contribution in [0.15, 0.2) is 42.2 Å². The lowest BCUT2D eigenvalue weighted by Gasteiger charge is -2.28. The first-order chi connectivity index (χ1) is 10.0. The summed E-state index contributed by atoms with van der Waals surface area (Å²) >= 11 is 3.54. The minimum absolute atomic E-state index is 0.0200. The molecule has 0 radical (unpaired) electrons. The molecule has 4 heteroatoms. The molecule has 0 amide bonds. The van der Waals surface area contributed by atoms with Crippen molar-refractivity contribution < 1.29 is 14.3 Å². The Morgan fingerprint density at radius 2 is 1.90 bits per heavy atom. The summed E-state index contributed by atoms with van der Waals surface area (Å²) in [6.45, 7) is 1.92. The molecule has 2 aliphatic carbocycles. The molecule has 0 spiro atoms. The molecule has 3 rings (SSSR count). The highest BCUT2D eigenvalue weighted by atomic mass is 79.9. The quantitative estimate of drug-likeness (QED) is 0.622. The smallest absolute Gasteiger partial charge is 0.208 e. The number of halogens is 1. The van der Waals surface area contributed by atoms with Crippen LogP contribution < -0.4 is 0 Å². The summed E-state index contributed by atoms with van der Waals surface area (Å²) in [5.74, 6) is -0.510. The van der Waals surface area contributed by atoms with Gasteiger partial charge in [-0.1, -0.05) is 46.3 Å². The molecule has 3 nitrogen and oxygen atoms in total. The first-order valence-corrected chi connectivity index (χ1v) is 8.13. The molecule has 0 heterocycles. The van der Waals surface area contributed by atoms with Gasteiger partial charge in [0, 0.05) is 11.2 Å². The number of allylic oxidation sites excluding steroid dienone is 2. The van der Waals surface area contributed by atoms with Crippen LogP contribution in [0, 0.1) is 17.3 Å². The van der Waals surface area contributed by atoms with E-state index in [1.54, 1.807) is 6.08 Å². The molecule has 1 aromatic carbocycles. The lowest BCUT2D eigenvalue weighted by Crippen LogP contribution is -2.36. The van der Waals surface area contributed by atoms with Crippen LogP contribution in [-0.2, 0) is 14.3 Å². The fraction of sp³-hybridized carbons (Fsp3) is 0.412. The van der Waals surface area contributed by atoms with Crippen molar-refractivity contribution in [1.82, 2.24) is 0 Å². The van der Waals surface area contributed by atoms with E-state index < -0.39 is 11.3 Å². The number of carbonyl (C=O) groups excluding carboxylic acids is 2. The molecule has 2 bridgehead atoms. The molecular formula is C17H17BrO3. The highest BCUT2D eigenvalue weighted by Crippen LogP contribution is 2.57. The number of rotatable bonds is 3. The Morgan fingerprint density at radius 1 is 1.24 bits per heavy atom. The van der Waals surface area contributed by atoms with Crippen molar-refractivity contribution in [3.8, 4) is 0 Å². The molecule has 1 fully saturated rings.